The second kappa shape index (κ2) is 4.99. The number of aromatic nitrogens is 2. The Labute approximate surface area is 115 Å². The number of rotatable bonds is 3. The van der Waals surface area contributed by atoms with E-state index in [0.29, 0.717) is 11.3 Å². The molecule has 1 saturated heterocycles. The molecule has 2 aliphatic rings. The maximum Gasteiger partial charge on any atom is 0.234 e. The molecule has 1 spiro atoms. The molecule has 4 heteroatoms. The molecule has 19 heavy (non-hydrogen) atoms. The lowest BCUT2D eigenvalue weighted by molar-refractivity contribution is 0.231. The van der Waals surface area contributed by atoms with Gasteiger partial charge in [0.25, 0.3) is 0 Å². The maximum atomic E-state index is 5.63. The van der Waals surface area contributed by atoms with Gasteiger partial charge in [-0.3, -0.25) is 4.98 Å². The van der Waals surface area contributed by atoms with E-state index >= 15 is 0 Å². The third-order valence-corrected chi connectivity index (χ3v) is 4.38. The summed E-state index contributed by atoms with van der Waals surface area (Å²) in [6, 6.07) is 0. The van der Waals surface area contributed by atoms with E-state index < -0.39 is 0 Å². The minimum absolute atomic E-state index is 0.143. The van der Waals surface area contributed by atoms with Crippen LogP contribution in [0.5, 0.6) is 5.88 Å². The number of hydrogen-bond acceptors (Lipinski definition) is 4. The van der Waals surface area contributed by atoms with Crippen LogP contribution < -0.4 is 9.64 Å². The molecule has 0 aromatic carbocycles. The summed E-state index contributed by atoms with van der Waals surface area (Å²) < 4.78 is 5.63. The minimum atomic E-state index is 0.143. The zero-order chi connectivity index (χ0) is 13.3. The molecule has 1 aliphatic carbocycles. The lowest BCUT2D eigenvalue weighted by atomic mass is 9.86. The van der Waals surface area contributed by atoms with Gasteiger partial charge in [-0.2, -0.15) is 4.98 Å². The fourth-order valence-electron chi connectivity index (χ4n) is 3.45. The third kappa shape index (κ3) is 2.67. The average molecular weight is 261 g/mol. The van der Waals surface area contributed by atoms with Crippen LogP contribution in [0.25, 0.3) is 0 Å². The summed E-state index contributed by atoms with van der Waals surface area (Å²) in [4.78, 5) is 11.2. The van der Waals surface area contributed by atoms with Crippen molar-refractivity contribution in [1.29, 1.82) is 0 Å². The molecule has 3 rings (SSSR count). The van der Waals surface area contributed by atoms with Crippen molar-refractivity contribution >= 4 is 5.82 Å². The average Bonchev–Trinajstić information content (AvgIpc) is 3.00. The topological polar surface area (TPSA) is 38.2 Å². The lowest BCUT2D eigenvalue weighted by Gasteiger charge is -2.24. The van der Waals surface area contributed by atoms with Gasteiger partial charge in [0.2, 0.25) is 5.88 Å². The van der Waals surface area contributed by atoms with Gasteiger partial charge in [0.1, 0.15) is 0 Å². The van der Waals surface area contributed by atoms with Crippen molar-refractivity contribution in [2.45, 2.75) is 52.1 Å². The Morgan fingerprint density at radius 3 is 2.74 bits per heavy atom. The monoisotopic (exact) mass is 261 g/mol. The molecule has 104 valence electrons. The van der Waals surface area contributed by atoms with E-state index in [1.54, 1.807) is 6.20 Å². The van der Waals surface area contributed by atoms with Gasteiger partial charge in [-0.15, -0.1) is 0 Å². The summed E-state index contributed by atoms with van der Waals surface area (Å²) in [6.07, 6.45) is 10.6. The van der Waals surface area contributed by atoms with E-state index in [1.165, 1.54) is 32.1 Å². The molecular formula is C15H23N3O. The van der Waals surface area contributed by atoms with E-state index in [4.69, 9.17) is 4.74 Å². The van der Waals surface area contributed by atoms with Gasteiger partial charge in [-0.05, 0) is 38.5 Å². The molecule has 1 aromatic heterocycles. The Kier molecular flexibility index (Phi) is 3.33. The Balaban J connectivity index is 1.72. The highest BCUT2D eigenvalue weighted by Gasteiger charge is 2.40. The summed E-state index contributed by atoms with van der Waals surface area (Å²) in [6.45, 7) is 6.28. The second-order valence-electron chi connectivity index (χ2n) is 6.26. The molecule has 1 aliphatic heterocycles. The molecule has 1 aromatic rings. The first-order chi connectivity index (χ1) is 9.17. The lowest BCUT2D eigenvalue weighted by Crippen LogP contribution is -2.25. The van der Waals surface area contributed by atoms with Crippen molar-refractivity contribution in [1.82, 2.24) is 9.97 Å². The fourth-order valence-corrected chi connectivity index (χ4v) is 3.45. The van der Waals surface area contributed by atoms with Crippen LogP contribution in [0.2, 0.25) is 0 Å². The summed E-state index contributed by atoms with van der Waals surface area (Å²) in [5.74, 6) is 1.61. The van der Waals surface area contributed by atoms with Crippen LogP contribution in [0.4, 0.5) is 5.82 Å². The molecule has 1 saturated carbocycles. The van der Waals surface area contributed by atoms with Crippen molar-refractivity contribution in [2.75, 3.05) is 18.0 Å². The summed E-state index contributed by atoms with van der Waals surface area (Å²) in [5.41, 5.74) is 0.566. The SMILES string of the molecule is CC(C)Oc1cncc(N2CCC3(CCCC3)C2)n1. The number of nitrogens with zero attached hydrogens (tertiary/aromatic N) is 3. The van der Waals surface area contributed by atoms with Gasteiger partial charge in [0.15, 0.2) is 5.82 Å². The van der Waals surface area contributed by atoms with E-state index in [9.17, 15) is 0 Å². The normalized spacial score (nSPS) is 21.5. The molecule has 0 unspecified atom stereocenters. The van der Waals surface area contributed by atoms with Crippen molar-refractivity contribution in [2.24, 2.45) is 5.41 Å². The first kappa shape index (κ1) is 12.7. The highest BCUT2D eigenvalue weighted by Crippen LogP contribution is 2.46. The van der Waals surface area contributed by atoms with Crippen molar-refractivity contribution in [3.8, 4) is 5.88 Å². The van der Waals surface area contributed by atoms with Crippen LogP contribution in [-0.4, -0.2) is 29.2 Å². The van der Waals surface area contributed by atoms with E-state index in [1.807, 2.05) is 20.0 Å². The summed E-state index contributed by atoms with van der Waals surface area (Å²) in [5, 5.41) is 0. The van der Waals surface area contributed by atoms with Gasteiger partial charge in [-0.1, -0.05) is 12.8 Å². The highest BCUT2D eigenvalue weighted by molar-refractivity contribution is 5.39. The highest BCUT2D eigenvalue weighted by atomic mass is 16.5. The number of ether oxygens (including phenoxy) is 1. The maximum absolute atomic E-state index is 5.63. The summed E-state index contributed by atoms with van der Waals surface area (Å²) >= 11 is 0. The van der Waals surface area contributed by atoms with Crippen LogP contribution in [-0.2, 0) is 0 Å². The molecular weight excluding hydrogens is 238 g/mol. The first-order valence-electron chi connectivity index (χ1n) is 7.41. The van der Waals surface area contributed by atoms with Crippen LogP contribution >= 0.6 is 0 Å². The number of anilines is 1. The molecule has 2 heterocycles. The zero-order valence-electron chi connectivity index (χ0n) is 11.9. The fraction of sp³-hybridized carbons (Fsp3) is 0.733. The molecule has 0 N–H and O–H groups in total. The van der Waals surface area contributed by atoms with E-state index in [2.05, 4.69) is 14.9 Å². The van der Waals surface area contributed by atoms with Gasteiger partial charge in [0.05, 0.1) is 18.5 Å². The van der Waals surface area contributed by atoms with Crippen molar-refractivity contribution in [3.63, 3.8) is 0 Å². The van der Waals surface area contributed by atoms with Gasteiger partial charge in [-0.25, -0.2) is 0 Å². The Morgan fingerprint density at radius 1 is 1.21 bits per heavy atom. The zero-order valence-corrected chi connectivity index (χ0v) is 11.9. The molecule has 0 radical (unpaired) electrons. The molecule has 0 amide bonds. The van der Waals surface area contributed by atoms with Crippen LogP contribution in [0, 0.1) is 5.41 Å². The molecule has 4 nitrogen and oxygen atoms in total. The Bertz CT molecular complexity index is 441. The summed E-state index contributed by atoms with van der Waals surface area (Å²) in [7, 11) is 0. The smallest absolute Gasteiger partial charge is 0.234 e. The quantitative estimate of drug-likeness (QED) is 0.838. The molecule has 0 atom stereocenters. The first-order valence-corrected chi connectivity index (χ1v) is 7.41. The Hall–Kier alpha value is -1.32. The van der Waals surface area contributed by atoms with Crippen LogP contribution in [0.1, 0.15) is 46.0 Å². The van der Waals surface area contributed by atoms with Crippen molar-refractivity contribution in [3.05, 3.63) is 12.4 Å². The van der Waals surface area contributed by atoms with Gasteiger partial charge >= 0.3 is 0 Å². The van der Waals surface area contributed by atoms with Gasteiger partial charge in [0, 0.05) is 13.1 Å². The Morgan fingerprint density at radius 2 is 2.00 bits per heavy atom. The van der Waals surface area contributed by atoms with E-state index in [-0.39, 0.29) is 6.10 Å². The van der Waals surface area contributed by atoms with Crippen LogP contribution in [0.3, 0.4) is 0 Å². The largest absolute Gasteiger partial charge is 0.474 e. The van der Waals surface area contributed by atoms with Crippen LogP contribution in [0.15, 0.2) is 12.4 Å². The van der Waals surface area contributed by atoms with Gasteiger partial charge < -0.3 is 9.64 Å². The molecule has 2 fully saturated rings. The second-order valence-corrected chi connectivity index (χ2v) is 6.26. The predicted molar refractivity (Wildman–Crippen MR) is 75.5 cm³/mol. The number of hydrogen-bond donors (Lipinski definition) is 0. The third-order valence-electron chi connectivity index (χ3n) is 4.38. The van der Waals surface area contributed by atoms with Crippen molar-refractivity contribution < 1.29 is 4.74 Å². The van der Waals surface area contributed by atoms with E-state index in [0.717, 1.165) is 18.9 Å². The molecule has 0 bridgehead atoms. The predicted octanol–water partition coefficient (Wildman–Crippen LogP) is 3.03. The standard InChI is InChI=1S/C15H23N3O/c1-12(2)19-14-10-16-9-13(17-14)18-8-7-15(11-18)5-3-4-6-15/h9-10,12H,3-8,11H2,1-2H3. The minimum Gasteiger partial charge on any atom is -0.474 e.